The number of amides is 1. The number of carbonyl (C=O) groups excluding carboxylic acids is 1. The number of hydrogen-bond acceptors (Lipinski definition) is 7. The minimum absolute atomic E-state index is 0.00791. The van der Waals surface area contributed by atoms with Gasteiger partial charge in [0.25, 0.3) is 0 Å². The van der Waals surface area contributed by atoms with Gasteiger partial charge in [-0.05, 0) is 75.3 Å². The van der Waals surface area contributed by atoms with Crippen LogP contribution in [0.5, 0.6) is 6.01 Å². The number of benzene rings is 1. The van der Waals surface area contributed by atoms with Gasteiger partial charge in [0.1, 0.15) is 5.82 Å². The first kappa shape index (κ1) is 27.2. The number of aromatic nitrogens is 2. The normalized spacial score (nSPS) is 19.2. The van der Waals surface area contributed by atoms with Crippen molar-refractivity contribution in [1.82, 2.24) is 20.2 Å². The Balaban J connectivity index is 1.44. The van der Waals surface area contributed by atoms with Crippen molar-refractivity contribution in [2.75, 3.05) is 56.2 Å². The number of hydrogen-bond donors (Lipinski definition) is 1. The van der Waals surface area contributed by atoms with Gasteiger partial charge in [-0.1, -0.05) is 30.9 Å². The molecule has 1 amide bonds. The van der Waals surface area contributed by atoms with E-state index in [0.717, 1.165) is 69.9 Å². The number of rotatable bonds is 8. The van der Waals surface area contributed by atoms with Crippen molar-refractivity contribution in [3.63, 3.8) is 0 Å². The lowest BCUT2D eigenvalue weighted by Crippen LogP contribution is -2.49. The molecule has 1 saturated heterocycles. The second-order valence-corrected chi connectivity index (χ2v) is 11.0. The molecule has 3 aliphatic rings. The summed E-state index contributed by atoms with van der Waals surface area (Å²) in [6.07, 6.45) is 10.1. The van der Waals surface area contributed by atoms with Crippen LogP contribution < -0.4 is 19.9 Å². The largest absolute Gasteiger partial charge is 0.463 e. The molecule has 2 aliphatic heterocycles. The molecule has 8 nitrogen and oxygen atoms in total. The molecule has 1 aromatic carbocycles. The van der Waals surface area contributed by atoms with Gasteiger partial charge in [-0.3, -0.25) is 4.79 Å². The average Bonchev–Trinajstić information content (AvgIpc) is 2.97. The van der Waals surface area contributed by atoms with E-state index in [2.05, 4.69) is 59.8 Å². The molecule has 8 heteroatoms. The second-order valence-electron chi connectivity index (χ2n) is 11.0. The summed E-state index contributed by atoms with van der Waals surface area (Å²) in [5.41, 5.74) is 7.50. The standard InChI is InChI=1S/C31H42N6O2/c1-5-28(38)35-15-17-36(18-16-35)30-25-13-14-37(29-23(3)12-11-22(2)26(29)19-32-4)20-27(25)33-31(34-30)39-21-24-9-7-6-8-10-24/h5-7,11-12,24,32H,1,8-10,13-21H2,2-4H3. The van der Waals surface area contributed by atoms with Crippen molar-refractivity contribution < 1.29 is 9.53 Å². The topological polar surface area (TPSA) is 73.8 Å². The summed E-state index contributed by atoms with van der Waals surface area (Å²) >= 11 is 0. The predicted octanol–water partition coefficient (Wildman–Crippen LogP) is 3.95. The van der Waals surface area contributed by atoms with Crippen LogP contribution in [0.25, 0.3) is 0 Å². The Morgan fingerprint density at radius 1 is 1.10 bits per heavy atom. The van der Waals surface area contributed by atoms with E-state index in [0.29, 0.717) is 31.6 Å². The Kier molecular flexibility index (Phi) is 8.50. The molecule has 1 atom stereocenters. The highest BCUT2D eigenvalue weighted by molar-refractivity contribution is 5.87. The van der Waals surface area contributed by atoms with Crippen LogP contribution in [0.15, 0.2) is 36.9 Å². The van der Waals surface area contributed by atoms with Crippen molar-refractivity contribution in [3.8, 4) is 6.01 Å². The molecule has 1 fully saturated rings. The first-order valence-electron chi connectivity index (χ1n) is 14.3. The third kappa shape index (κ3) is 5.96. The van der Waals surface area contributed by atoms with Crippen LogP contribution in [-0.4, -0.2) is 67.2 Å². The smallest absolute Gasteiger partial charge is 0.318 e. The molecule has 1 aliphatic carbocycles. The van der Waals surface area contributed by atoms with Crippen molar-refractivity contribution in [3.05, 3.63) is 64.9 Å². The van der Waals surface area contributed by atoms with Crippen molar-refractivity contribution in [2.45, 2.75) is 52.6 Å². The highest BCUT2D eigenvalue weighted by Gasteiger charge is 2.30. The number of allylic oxidation sites excluding steroid dienone is 2. The molecule has 5 rings (SSSR count). The monoisotopic (exact) mass is 530 g/mol. The number of fused-ring (bicyclic) bond motifs is 1. The number of nitrogens with one attached hydrogen (secondary N) is 1. The lowest BCUT2D eigenvalue weighted by Gasteiger charge is -2.38. The molecular formula is C31H42N6O2. The van der Waals surface area contributed by atoms with Gasteiger partial charge in [0.15, 0.2) is 0 Å². The van der Waals surface area contributed by atoms with Crippen LogP contribution in [0, 0.1) is 19.8 Å². The quantitative estimate of drug-likeness (QED) is 0.409. The van der Waals surface area contributed by atoms with Crippen LogP contribution in [0.1, 0.15) is 47.2 Å². The highest BCUT2D eigenvalue weighted by Crippen LogP contribution is 2.35. The lowest BCUT2D eigenvalue weighted by atomic mass is 9.95. The molecule has 39 heavy (non-hydrogen) atoms. The highest BCUT2D eigenvalue weighted by atomic mass is 16.5. The predicted molar refractivity (Wildman–Crippen MR) is 156 cm³/mol. The fourth-order valence-corrected chi connectivity index (χ4v) is 6.07. The van der Waals surface area contributed by atoms with Crippen LogP contribution in [0.2, 0.25) is 0 Å². The number of carbonyl (C=O) groups is 1. The zero-order valence-corrected chi connectivity index (χ0v) is 23.7. The Morgan fingerprint density at radius 3 is 2.62 bits per heavy atom. The molecule has 1 aromatic heterocycles. The van der Waals surface area contributed by atoms with Gasteiger partial charge >= 0.3 is 6.01 Å². The van der Waals surface area contributed by atoms with E-state index in [1.165, 1.54) is 34.0 Å². The van der Waals surface area contributed by atoms with Crippen LogP contribution in [0.3, 0.4) is 0 Å². The zero-order chi connectivity index (χ0) is 27.4. The van der Waals surface area contributed by atoms with E-state index in [4.69, 9.17) is 14.7 Å². The molecule has 1 N–H and O–H groups in total. The average molecular weight is 531 g/mol. The van der Waals surface area contributed by atoms with Gasteiger partial charge in [-0.25, -0.2) is 0 Å². The Morgan fingerprint density at radius 2 is 1.90 bits per heavy atom. The Labute approximate surface area is 232 Å². The van der Waals surface area contributed by atoms with Crippen molar-refractivity contribution in [2.24, 2.45) is 5.92 Å². The molecule has 2 aromatic rings. The summed E-state index contributed by atoms with van der Waals surface area (Å²) in [4.78, 5) is 28.8. The second kappa shape index (κ2) is 12.2. The van der Waals surface area contributed by atoms with Crippen LogP contribution in [-0.2, 0) is 24.3 Å². The maximum atomic E-state index is 12.2. The summed E-state index contributed by atoms with van der Waals surface area (Å²) < 4.78 is 6.28. The summed E-state index contributed by atoms with van der Waals surface area (Å²) in [5, 5.41) is 3.36. The molecule has 0 spiro atoms. The van der Waals surface area contributed by atoms with E-state index in [9.17, 15) is 4.79 Å². The number of piperazine rings is 1. The molecule has 3 heterocycles. The Bertz CT molecular complexity index is 1230. The van der Waals surface area contributed by atoms with Gasteiger partial charge in [0.2, 0.25) is 5.91 Å². The minimum atomic E-state index is -0.00791. The van der Waals surface area contributed by atoms with E-state index in [1.54, 1.807) is 0 Å². The van der Waals surface area contributed by atoms with Gasteiger partial charge in [0, 0.05) is 50.5 Å². The van der Waals surface area contributed by atoms with Crippen molar-refractivity contribution >= 4 is 17.4 Å². The first-order valence-corrected chi connectivity index (χ1v) is 14.3. The zero-order valence-electron chi connectivity index (χ0n) is 23.7. The SMILES string of the molecule is C=CC(=O)N1CCN(c2nc(OCC3CC=CCC3)nc3c2CCN(c2c(C)ccc(C)c2CNC)C3)CC1. The maximum absolute atomic E-state index is 12.2. The molecule has 0 radical (unpaired) electrons. The molecule has 208 valence electrons. The summed E-state index contributed by atoms with van der Waals surface area (Å²) in [5.74, 6) is 1.47. The molecular weight excluding hydrogens is 488 g/mol. The number of nitrogens with zero attached hydrogens (tertiary/aromatic N) is 5. The van der Waals surface area contributed by atoms with E-state index in [-0.39, 0.29) is 5.91 Å². The fourth-order valence-electron chi connectivity index (χ4n) is 6.07. The summed E-state index contributed by atoms with van der Waals surface area (Å²) in [6.45, 7) is 13.9. The summed E-state index contributed by atoms with van der Waals surface area (Å²) in [7, 11) is 2.00. The third-order valence-corrected chi connectivity index (χ3v) is 8.30. The number of anilines is 2. The van der Waals surface area contributed by atoms with E-state index < -0.39 is 0 Å². The first-order chi connectivity index (χ1) is 19.0. The summed E-state index contributed by atoms with van der Waals surface area (Å²) in [6, 6.07) is 4.91. The van der Waals surface area contributed by atoms with E-state index >= 15 is 0 Å². The van der Waals surface area contributed by atoms with Gasteiger partial charge in [-0.15, -0.1) is 0 Å². The van der Waals surface area contributed by atoms with Gasteiger partial charge in [-0.2, -0.15) is 9.97 Å². The molecule has 1 unspecified atom stereocenters. The number of aryl methyl sites for hydroxylation is 2. The Hall–Kier alpha value is -3.39. The maximum Gasteiger partial charge on any atom is 0.318 e. The van der Waals surface area contributed by atoms with Crippen molar-refractivity contribution in [1.29, 1.82) is 0 Å². The van der Waals surface area contributed by atoms with Gasteiger partial charge < -0.3 is 24.8 Å². The van der Waals surface area contributed by atoms with Crippen LogP contribution in [0.4, 0.5) is 11.5 Å². The van der Waals surface area contributed by atoms with Gasteiger partial charge in [0.05, 0.1) is 18.8 Å². The third-order valence-electron chi connectivity index (χ3n) is 8.30. The van der Waals surface area contributed by atoms with Crippen LogP contribution >= 0.6 is 0 Å². The van der Waals surface area contributed by atoms with E-state index in [1.807, 2.05) is 11.9 Å². The molecule has 0 saturated carbocycles. The fraction of sp³-hybridized carbons (Fsp3) is 0.516. The molecule has 0 bridgehead atoms. The lowest BCUT2D eigenvalue weighted by molar-refractivity contribution is -0.126. The number of ether oxygens (including phenoxy) is 1. The minimum Gasteiger partial charge on any atom is -0.463 e.